The summed E-state index contributed by atoms with van der Waals surface area (Å²) in [6, 6.07) is 15.8. The van der Waals surface area contributed by atoms with Gasteiger partial charge in [0.05, 0.1) is 25.7 Å². The lowest BCUT2D eigenvalue weighted by Gasteiger charge is -2.12. The molecule has 0 fully saturated rings. The van der Waals surface area contributed by atoms with E-state index < -0.39 is 0 Å². The fourth-order valence-corrected chi connectivity index (χ4v) is 2.21. The Morgan fingerprint density at radius 1 is 1.09 bits per heavy atom. The summed E-state index contributed by atoms with van der Waals surface area (Å²) in [7, 11) is 1.60. The maximum atomic E-state index is 12.9. The van der Waals surface area contributed by atoms with E-state index in [0.717, 1.165) is 12.0 Å². The van der Waals surface area contributed by atoms with Crippen molar-refractivity contribution in [1.29, 1.82) is 5.26 Å². The van der Waals surface area contributed by atoms with E-state index in [0.29, 0.717) is 24.5 Å². The first kappa shape index (κ1) is 15.8. The van der Waals surface area contributed by atoms with Gasteiger partial charge in [0, 0.05) is 0 Å². The fourth-order valence-electron chi connectivity index (χ4n) is 2.21. The van der Waals surface area contributed by atoms with Crippen LogP contribution in [0.15, 0.2) is 48.5 Å². The predicted molar refractivity (Wildman–Crippen MR) is 82.5 cm³/mol. The molecule has 0 saturated carbocycles. The number of benzene rings is 2. The predicted octanol–water partition coefficient (Wildman–Crippen LogP) is 4.30. The molecule has 0 radical (unpaired) electrons. The number of ether oxygens (including phenoxy) is 2. The average Bonchev–Trinajstić information content (AvgIpc) is 2.56. The second-order valence-corrected chi connectivity index (χ2v) is 4.87. The highest BCUT2D eigenvalue weighted by molar-refractivity contribution is 5.39. The molecular formula is C18H18FNO2. The molecule has 0 aromatic heterocycles. The maximum Gasteiger partial charge on any atom is 0.161 e. The molecule has 0 spiro atoms. The van der Waals surface area contributed by atoms with Gasteiger partial charge in [-0.3, -0.25) is 0 Å². The van der Waals surface area contributed by atoms with Crippen molar-refractivity contribution in [2.75, 3.05) is 13.7 Å². The van der Waals surface area contributed by atoms with E-state index >= 15 is 0 Å². The van der Waals surface area contributed by atoms with Crippen molar-refractivity contribution >= 4 is 0 Å². The van der Waals surface area contributed by atoms with E-state index in [1.54, 1.807) is 19.2 Å². The van der Waals surface area contributed by atoms with E-state index in [9.17, 15) is 9.65 Å². The molecule has 1 unspecified atom stereocenters. The summed E-state index contributed by atoms with van der Waals surface area (Å²) in [5.74, 6) is 0.847. The highest BCUT2D eigenvalue weighted by atomic mass is 19.1. The van der Waals surface area contributed by atoms with Gasteiger partial charge in [0.2, 0.25) is 0 Å². The van der Waals surface area contributed by atoms with Crippen molar-refractivity contribution in [3.63, 3.8) is 0 Å². The Balaban J connectivity index is 1.84. The zero-order chi connectivity index (χ0) is 15.8. The highest BCUT2D eigenvalue weighted by Gasteiger charge is 2.11. The van der Waals surface area contributed by atoms with Gasteiger partial charge in [0.1, 0.15) is 5.82 Å². The van der Waals surface area contributed by atoms with E-state index in [1.165, 1.54) is 12.1 Å². The molecule has 4 heteroatoms. The lowest BCUT2D eigenvalue weighted by atomic mass is 9.96. The SMILES string of the molecule is COc1ccccc1OCCCC(C#N)c1ccc(F)cc1. The third kappa shape index (κ3) is 4.23. The van der Waals surface area contributed by atoms with Crippen LogP contribution in [0, 0.1) is 17.1 Å². The van der Waals surface area contributed by atoms with Gasteiger partial charge in [-0.25, -0.2) is 4.39 Å². The van der Waals surface area contributed by atoms with Crippen LogP contribution in [0.3, 0.4) is 0 Å². The second kappa shape index (κ2) is 8.04. The Morgan fingerprint density at radius 2 is 1.77 bits per heavy atom. The number of methoxy groups -OCH3 is 1. The topological polar surface area (TPSA) is 42.2 Å². The van der Waals surface area contributed by atoms with Crippen molar-refractivity contribution < 1.29 is 13.9 Å². The smallest absolute Gasteiger partial charge is 0.161 e. The number of nitriles is 1. The number of halogens is 1. The van der Waals surface area contributed by atoms with Crippen molar-refractivity contribution in [2.45, 2.75) is 18.8 Å². The van der Waals surface area contributed by atoms with Crippen LogP contribution in [0.2, 0.25) is 0 Å². The molecule has 0 saturated heterocycles. The molecule has 0 N–H and O–H groups in total. The first-order valence-corrected chi connectivity index (χ1v) is 7.15. The van der Waals surface area contributed by atoms with Crippen molar-refractivity contribution in [3.8, 4) is 17.6 Å². The highest BCUT2D eigenvalue weighted by Crippen LogP contribution is 2.26. The van der Waals surface area contributed by atoms with Gasteiger partial charge in [-0.1, -0.05) is 24.3 Å². The molecule has 0 aliphatic carbocycles. The van der Waals surface area contributed by atoms with Crippen LogP contribution < -0.4 is 9.47 Å². The summed E-state index contributed by atoms with van der Waals surface area (Å²) in [6.07, 6.45) is 1.39. The van der Waals surface area contributed by atoms with Crippen molar-refractivity contribution in [2.24, 2.45) is 0 Å². The summed E-state index contributed by atoms with van der Waals surface area (Å²) in [5, 5.41) is 9.24. The second-order valence-electron chi connectivity index (χ2n) is 4.87. The molecule has 22 heavy (non-hydrogen) atoms. The summed E-state index contributed by atoms with van der Waals surface area (Å²) in [5.41, 5.74) is 0.834. The Bertz CT molecular complexity index is 634. The number of hydrogen-bond acceptors (Lipinski definition) is 3. The van der Waals surface area contributed by atoms with E-state index in [2.05, 4.69) is 6.07 Å². The molecule has 0 heterocycles. The van der Waals surface area contributed by atoms with Gasteiger partial charge in [-0.05, 0) is 42.7 Å². The zero-order valence-electron chi connectivity index (χ0n) is 12.5. The first-order chi connectivity index (χ1) is 10.7. The third-order valence-corrected chi connectivity index (χ3v) is 3.39. The molecule has 0 amide bonds. The van der Waals surface area contributed by atoms with Crippen molar-refractivity contribution in [1.82, 2.24) is 0 Å². The normalized spacial score (nSPS) is 11.5. The lowest BCUT2D eigenvalue weighted by molar-refractivity contribution is 0.285. The van der Waals surface area contributed by atoms with Crippen LogP contribution in [0.4, 0.5) is 4.39 Å². The minimum Gasteiger partial charge on any atom is -0.493 e. The molecule has 2 rings (SSSR count). The summed E-state index contributed by atoms with van der Waals surface area (Å²) in [4.78, 5) is 0. The van der Waals surface area contributed by atoms with Crippen molar-refractivity contribution in [3.05, 3.63) is 59.9 Å². The standard InChI is InChI=1S/C18H18FNO2/c1-21-17-6-2-3-7-18(17)22-12-4-5-15(13-20)14-8-10-16(19)11-9-14/h2-3,6-11,15H,4-5,12H2,1H3. The molecule has 1 atom stereocenters. The van der Waals surface area contributed by atoms with Gasteiger partial charge in [-0.15, -0.1) is 0 Å². The molecule has 0 aliphatic rings. The van der Waals surface area contributed by atoms with Crippen LogP contribution in [-0.2, 0) is 0 Å². The Morgan fingerprint density at radius 3 is 2.41 bits per heavy atom. The summed E-state index contributed by atoms with van der Waals surface area (Å²) < 4.78 is 23.8. The van der Waals surface area contributed by atoms with Gasteiger partial charge in [0.25, 0.3) is 0 Å². The molecule has 0 bridgehead atoms. The summed E-state index contributed by atoms with van der Waals surface area (Å²) in [6.45, 7) is 0.500. The minimum atomic E-state index is -0.292. The van der Waals surface area contributed by atoms with E-state index in [1.807, 2.05) is 24.3 Å². The van der Waals surface area contributed by atoms with Gasteiger partial charge in [0.15, 0.2) is 11.5 Å². The molecule has 0 aliphatic heterocycles. The molecule has 3 nitrogen and oxygen atoms in total. The van der Waals surface area contributed by atoms with Crippen LogP contribution in [0.25, 0.3) is 0 Å². The van der Waals surface area contributed by atoms with Gasteiger partial charge >= 0.3 is 0 Å². The van der Waals surface area contributed by atoms with Crippen LogP contribution >= 0.6 is 0 Å². The van der Waals surface area contributed by atoms with Crippen LogP contribution in [0.1, 0.15) is 24.3 Å². The molecule has 2 aromatic rings. The Hall–Kier alpha value is -2.54. The summed E-state index contributed by atoms with van der Waals surface area (Å²) >= 11 is 0. The third-order valence-electron chi connectivity index (χ3n) is 3.39. The number of rotatable bonds is 7. The molecular weight excluding hydrogens is 281 g/mol. The number of para-hydroxylation sites is 2. The maximum absolute atomic E-state index is 12.9. The quantitative estimate of drug-likeness (QED) is 0.716. The zero-order valence-corrected chi connectivity index (χ0v) is 12.5. The fraction of sp³-hybridized carbons (Fsp3) is 0.278. The molecule has 114 valence electrons. The van der Waals surface area contributed by atoms with Gasteiger partial charge < -0.3 is 9.47 Å². The Kier molecular flexibility index (Phi) is 5.79. The first-order valence-electron chi connectivity index (χ1n) is 7.15. The molecule has 2 aromatic carbocycles. The number of nitrogens with zero attached hydrogens (tertiary/aromatic N) is 1. The monoisotopic (exact) mass is 299 g/mol. The largest absolute Gasteiger partial charge is 0.493 e. The van der Waals surface area contributed by atoms with E-state index in [-0.39, 0.29) is 11.7 Å². The number of hydrogen-bond donors (Lipinski definition) is 0. The lowest BCUT2D eigenvalue weighted by Crippen LogP contribution is -2.03. The van der Waals surface area contributed by atoms with Crippen LogP contribution in [0.5, 0.6) is 11.5 Å². The average molecular weight is 299 g/mol. The van der Waals surface area contributed by atoms with E-state index in [4.69, 9.17) is 9.47 Å². The van der Waals surface area contributed by atoms with Gasteiger partial charge in [-0.2, -0.15) is 5.26 Å². The minimum absolute atomic E-state index is 0.248. The Labute approximate surface area is 129 Å². The van der Waals surface area contributed by atoms with Crippen LogP contribution in [-0.4, -0.2) is 13.7 Å².